The summed E-state index contributed by atoms with van der Waals surface area (Å²) in [6.45, 7) is 1.42. The lowest BCUT2D eigenvalue weighted by molar-refractivity contribution is 0.602. The number of nitrogens with one attached hydrogen (secondary N) is 2. The largest absolute Gasteiger partial charge is 0.356 e. The quantitative estimate of drug-likeness (QED) is 0.452. The molecular weight excluding hydrogens is 334 g/mol. The maximum Gasteiger partial charge on any atom is 0.191 e. The van der Waals surface area contributed by atoms with Gasteiger partial charge in [-0.25, -0.2) is 8.42 Å². The molecule has 0 heterocycles. The van der Waals surface area contributed by atoms with Crippen LogP contribution < -0.4 is 10.6 Å². The Morgan fingerprint density at radius 3 is 2.24 bits per heavy atom. The molecule has 2 rings (SSSR count). The summed E-state index contributed by atoms with van der Waals surface area (Å²) in [5.41, 5.74) is 2.33. The van der Waals surface area contributed by atoms with Crippen LogP contribution in [0.25, 0.3) is 0 Å². The summed E-state index contributed by atoms with van der Waals surface area (Å²) in [7, 11) is -1.41. The lowest BCUT2D eigenvalue weighted by Crippen LogP contribution is -2.37. The first-order chi connectivity index (χ1) is 12.0. The molecule has 0 aliphatic carbocycles. The van der Waals surface area contributed by atoms with Gasteiger partial charge in [-0.3, -0.25) is 4.99 Å². The highest BCUT2D eigenvalue weighted by atomic mass is 32.2. The van der Waals surface area contributed by atoms with E-state index in [1.165, 1.54) is 11.8 Å². The van der Waals surface area contributed by atoms with Crippen molar-refractivity contribution in [1.82, 2.24) is 10.6 Å². The van der Waals surface area contributed by atoms with Crippen LogP contribution in [0, 0.1) is 0 Å². The van der Waals surface area contributed by atoms with E-state index < -0.39 is 9.84 Å². The SMILES string of the molecule is CN=C(NCCCc1ccccc1)NCc1ccc(S(C)(=O)=O)cc1. The van der Waals surface area contributed by atoms with Gasteiger partial charge in [0.1, 0.15) is 0 Å². The van der Waals surface area contributed by atoms with Gasteiger partial charge in [-0.15, -0.1) is 0 Å². The molecule has 0 aliphatic rings. The molecule has 5 nitrogen and oxygen atoms in total. The van der Waals surface area contributed by atoms with Crippen LogP contribution in [-0.2, 0) is 22.8 Å². The Labute approximate surface area is 150 Å². The van der Waals surface area contributed by atoms with Crippen molar-refractivity contribution in [2.24, 2.45) is 4.99 Å². The molecule has 2 aromatic carbocycles. The number of hydrogen-bond acceptors (Lipinski definition) is 3. The third kappa shape index (κ3) is 6.58. The molecule has 0 bridgehead atoms. The first kappa shape index (κ1) is 19.0. The summed E-state index contributed by atoms with van der Waals surface area (Å²) in [5, 5.41) is 6.52. The smallest absolute Gasteiger partial charge is 0.191 e. The molecule has 0 fully saturated rings. The van der Waals surface area contributed by atoms with Crippen molar-refractivity contribution >= 4 is 15.8 Å². The molecule has 0 radical (unpaired) electrons. The zero-order valence-corrected chi connectivity index (χ0v) is 15.5. The topological polar surface area (TPSA) is 70.6 Å². The van der Waals surface area contributed by atoms with Crippen LogP contribution in [0.3, 0.4) is 0 Å². The Morgan fingerprint density at radius 2 is 1.64 bits per heavy atom. The van der Waals surface area contributed by atoms with Gasteiger partial charge in [-0.05, 0) is 36.1 Å². The molecule has 0 aromatic heterocycles. The van der Waals surface area contributed by atoms with Gasteiger partial charge >= 0.3 is 0 Å². The van der Waals surface area contributed by atoms with E-state index in [4.69, 9.17) is 0 Å². The number of rotatable bonds is 7. The third-order valence-electron chi connectivity index (χ3n) is 3.81. The van der Waals surface area contributed by atoms with Crippen LogP contribution in [0.2, 0.25) is 0 Å². The highest BCUT2D eigenvalue weighted by molar-refractivity contribution is 7.90. The lowest BCUT2D eigenvalue weighted by atomic mass is 10.1. The number of sulfone groups is 1. The van der Waals surface area contributed by atoms with Crippen molar-refractivity contribution in [2.45, 2.75) is 24.3 Å². The van der Waals surface area contributed by atoms with Gasteiger partial charge < -0.3 is 10.6 Å². The summed E-state index contributed by atoms with van der Waals surface area (Å²) >= 11 is 0. The standard InChI is InChI=1S/C19H25N3O2S/c1-20-19(21-14-6-9-16-7-4-3-5-8-16)22-15-17-10-12-18(13-11-17)25(2,23)24/h3-5,7-8,10-13H,6,9,14-15H2,1-2H3,(H2,20,21,22). The molecule has 0 atom stereocenters. The molecular formula is C19H25N3O2S. The highest BCUT2D eigenvalue weighted by Gasteiger charge is 2.06. The van der Waals surface area contributed by atoms with Crippen molar-refractivity contribution in [3.05, 3.63) is 65.7 Å². The van der Waals surface area contributed by atoms with E-state index in [0.29, 0.717) is 11.4 Å². The van der Waals surface area contributed by atoms with Crippen LogP contribution in [-0.4, -0.2) is 34.2 Å². The summed E-state index contributed by atoms with van der Waals surface area (Å²) in [6.07, 6.45) is 3.26. The van der Waals surface area contributed by atoms with Crippen molar-refractivity contribution in [3.8, 4) is 0 Å². The zero-order valence-electron chi connectivity index (χ0n) is 14.7. The number of aryl methyl sites for hydroxylation is 1. The Hall–Kier alpha value is -2.34. The van der Waals surface area contributed by atoms with Gasteiger partial charge in [-0.2, -0.15) is 0 Å². The minimum absolute atomic E-state index is 0.333. The van der Waals surface area contributed by atoms with E-state index in [9.17, 15) is 8.42 Å². The highest BCUT2D eigenvalue weighted by Crippen LogP contribution is 2.10. The minimum atomic E-state index is -3.15. The molecule has 0 spiro atoms. The molecule has 2 N–H and O–H groups in total. The van der Waals surface area contributed by atoms with Crippen LogP contribution in [0.4, 0.5) is 0 Å². The monoisotopic (exact) mass is 359 g/mol. The van der Waals surface area contributed by atoms with E-state index in [1.54, 1.807) is 19.2 Å². The van der Waals surface area contributed by atoms with Crippen molar-refractivity contribution in [1.29, 1.82) is 0 Å². The zero-order chi connectivity index (χ0) is 18.1. The fourth-order valence-corrected chi connectivity index (χ4v) is 3.04. The van der Waals surface area contributed by atoms with Gasteiger partial charge in [0.2, 0.25) is 0 Å². The molecule has 134 valence electrons. The third-order valence-corrected chi connectivity index (χ3v) is 4.94. The molecule has 25 heavy (non-hydrogen) atoms. The number of guanidine groups is 1. The Morgan fingerprint density at radius 1 is 0.960 bits per heavy atom. The fourth-order valence-electron chi connectivity index (χ4n) is 2.40. The van der Waals surface area contributed by atoms with Gasteiger partial charge in [0, 0.05) is 26.4 Å². The first-order valence-corrected chi connectivity index (χ1v) is 10.2. The number of nitrogens with zero attached hydrogens (tertiary/aromatic N) is 1. The Balaban J connectivity index is 1.74. The Kier molecular flexibility index (Phi) is 7.01. The van der Waals surface area contributed by atoms with E-state index in [2.05, 4.69) is 39.9 Å². The van der Waals surface area contributed by atoms with Crippen LogP contribution in [0.5, 0.6) is 0 Å². The predicted octanol–water partition coefficient (Wildman–Crippen LogP) is 2.39. The maximum absolute atomic E-state index is 11.5. The average Bonchev–Trinajstić information content (AvgIpc) is 2.61. The number of aliphatic imine (C=N–C) groups is 1. The van der Waals surface area contributed by atoms with E-state index >= 15 is 0 Å². The summed E-state index contributed by atoms with van der Waals surface area (Å²) in [6, 6.07) is 17.3. The molecule has 0 saturated heterocycles. The number of benzene rings is 2. The summed E-state index contributed by atoms with van der Waals surface area (Å²) < 4.78 is 22.9. The summed E-state index contributed by atoms with van der Waals surface area (Å²) in [4.78, 5) is 4.54. The lowest BCUT2D eigenvalue weighted by Gasteiger charge is -2.12. The van der Waals surface area contributed by atoms with E-state index in [-0.39, 0.29) is 0 Å². The summed E-state index contributed by atoms with van der Waals surface area (Å²) in [5.74, 6) is 0.736. The predicted molar refractivity (Wildman–Crippen MR) is 103 cm³/mol. The average molecular weight is 359 g/mol. The molecule has 0 aliphatic heterocycles. The van der Waals surface area contributed by atoms with Crippen LogP contribution in [0.1, 0.15) is 17.5 Å². The van der Waals surface area contributed by atoms with Gasteiger partial charge in [0.15, 0.2) is 15.8 Å². The maximum atomic E-state index is 11.5. The molecule has 0 amide bonds. The van der Waals surface area contributed by atoms with Gasteiger partial charge in [-0.1, -0.05) is 42.5 Å². The second kappa shape index (κ2) is 9.22. The van der Waals surface area contributed by atoms with Gasteiger partial charge in [0.25, 0.3) is 0 Å². The Bertz CT molecular complexity index is 785. The second-order valence-corrected chi connectivity index (χ2v) is 7.87. The first-order valence-electron chi connectivity index (χ1n) is 8.26. The normalized spacial score (nSPS) is 12.0. The van der Waals surface area contributed by atoms with Gasteiger partial charge in [0.05, 0.1) is 4.90 Å². The second-order valence-electron chi connectivity index (χ2n) is 5.86. The fraction of sp³-hybridized carbons (Fsp3) is 0.316. The van der Waals surface area contributed by atoms with E-state index in [1.807, 2.05) is 18.2 Å². The molecule has 0 unspecified atom stereocenters. The van der Waals surface area contributed by atoms with E-state index in [0.717, 1.165) is 30.9 Å². The van der Waals surface area contributed by atoms with Crippen molar-refractivity contribution in [2.75, 3.05) is 19.8 Å². The van der Waals surface area contributed by atoms with Crippen molar-refractivity contribution < 1.29 is 8.42 Å². The molecule has 6 heteroatoms. The van der Waals surface area contributed by atoms with Crippen LogP contribution in [0.15, 0.2) is 64.5 Å². The molecule has 0 saturated carbocycles. The van der Waals surface area contributed by atoms with Crippen LogP contribution >= 0.6 is 0 Å². The number of hydrogen-bond donors (Lipinski definition) is 2. The van der Waals surface area contributed by atoms with Crippen molar-refractivity contribution in [3.63, 3.8) is 0 Å². The minimum Gasteiger partial charge on any atom is -0.356 e. The molecule has 2 aromatic rings.